The molecule has 0 saturated heterocycles. The first kappa shape index (κ1) is 15.5. The second-order valence-electron chi connectivity index (χ2n) is 4.38. The van der Waals surface area contributed by atoms with E-state index in [2.05, 4.69) is 35.1 Å². The van der Waals surface area contributed by atoms with Crippen molar-refractivity contribution in [3.05, 3.63) is 33.3 Å². The van der Waals surface area contributed by atoms with E-state index in [4.69, 9.17) is 16.3 Å². The summed E-state index contributed by atoms with van der Waals surface area (Å²) in [5.74, 6) is 0.357. The zero-order valence-corrected chi connectivity index (χ0v) is 12.8. The number of hydrogen-bond acceptors (Lipinski definition) is 2. The fourth-order valence-electron chi connectivity index (χ4n) is 1.34. The van der Waals surface area contributed by atoms with Crippen molar-refractivity contribution in [1.82, 2.24) is 5.32 Å². The molecule has 0 radical (unpaired) electrons. The SMILES string of the molecule is CC(C)COCCNC(=O)c1cc(Cl)cc(Br)c1. The number of benzene rings is 1. The van der Waals surface area contributed by atoms with Crippen molar-refractivity contribution in [1.29, 1.82) is 0 Å². The Balaban J connectivity index is 2.36. The van der Waals surface area contributed by atoms with Crippen LogP contribution in [0.4, 0.5) is 0 Å². The van der Waals surface area contributed by atoms with Crippen LogP contribution in [0.1, 0.15) is 24.2 Å². The van der Waals surface area contributed by atoms with Gasteiger partial charge in [0.15, 0.2) is 0 Å². The summed E-state index contributed by atoms with van der Waals surface area (Å²) in [7, 11) is 0. The number of rotatable bonds is 6. The highest BCUT2D eigenvalue weighted by atomic mass is 79.9. The number of amides is 1. The minimum atomic E-state index is -0.147. The molecule has 1 amide bonds. The van der Waals surface area contributed by atoms with Gasteiger partial charge in [-0.25, -0.2) is 0 Å². The predicted octanol–water partition coefficient (Wildman–Crippen LogP) is 3.50. The van der Waals surface area contributed by atoms with Crippen LogP contribution in [0.5, 0.6) is 0 Å². The molecule has 1 aromatic carbocycles. The van der Waals surface area contributed by atoms with Crippen LogP contribution in [-0.4, -0.2) is 25.7 Å². The Bertz CT molecular complexity index is 390. The largest absolute Gasteiger partial charge is 0.379 e. The lowest BCUT2D eigenvalue weighted by Crippen LogP contribution is -2.27. The molecule has 0 aliphatic heterocycles. The summed E-state index contributed by atoms with van der Waals surface area (Å²) in [6.45, 7) is 5.89. The maximum Gasteiger partial charge on any atom is 0.251 e. The number of carbonyl (C=O) groups excluding carboxylic acids is 1. The Kier molecular flexibility index (Phi) is 6.68. The fourth-order valence-corrected chi connectivity index (χ4v) is 2.20. The summed E-state index contributed by atoms with van der Waals surface area (Å²) in [5, 5.41) is 3.32. The zero-order chi connectivity index (χ0) is 13.5. The van der Waals surface area contributed by atoms with Crippen LogP contribution in [0.2, 0.25) is 5.02 Å². The summed E-state index contributed by atoms with van der Waals surface area (Å²) in [6, 6.07) is 5.11. The van der Waals surface area contributed by atoms with Crippen molar-refractivity contribution >= 4 is 33.4 Å². The number of carbonyl (C=O) groups is 1. The van der Waals surface area contributed by atoms with Gasteiger partial charge >= 0.3 is 0 Å². The van der Waals surface area contributed by atoms with E-state index in [1.165, 1.54) is 0 Å². The number of halogens is 2. The molecule has 0 bridgehead atoms. The molecule has 100 valence electrons. The minimum Gasteiger partial charge on any atom is -0.379 e. The van der Waals surface area contributed by atoms with Gasteiger partial charge in [0.05, 0.1) is 6.61 Å². The van der Waals surface area contributed by atoms with Gasteiger partial charge in [-0.05, 0) is 24.1 Å². The average molecular weight is 335 g/mol. The molecule has 1 rings (SSSR count). The van der Waals surface area contributed by atoms with E-state index in [1.54, 1.807) is 18.2 Å². The van der Waals surface area contributed by atoms with Crippen LogP contribution in [0.3, 0.4) is 0 Å². The number of hydrogen-bond donors (Lipinski definition) is 1. The van der Waals surface area contributed by atoms with Gasteiger partial charge in [0.1, 0.15) is 0 Å². The minimum absolute atomic E-state index is 0.147. The molecule has 0 unspecified atom stereocenters. The molecule has 0 aliphatic rings. The number of nitrogens with one attached hydrogen (secondary N) is 1. The van der Waals surface area contributed by atoms with E-state index >= 15 is 0 Å². The third-order valence-electron chi connectivity index (χ3n) is 2.11. The second kappa shape index (κ2) is 7.77. The standard InChI is InChI=1S/C13H17BrClNO2/c1-9(2)8-18-4-3-16-13(17)10-5-11(14)7-12(15)6-10/h5-7,9H,3-4,8H2,1-2H3,(H,16,17). The highest BCUT2D eigenvalue weighted by Gasteiger charge is 2.07. The molecule has 1 N–H and O–H groups in total. The molecule has 3 nitrogen and oxygen atoms in total. The molecule has 0 atom stereocenters. The normalized spacial score (nSPS) is 10.7. The summed E-state index contributed by atoms with van der Waals surface area (Å²) in [6.07, 6.45) is 0. The Morgan fingerprint density at radius 1 is 1.44 bits per heavy atom. The second-order valence-corrected chi connectivity index (χ2v) is 5.73. The Hall–Kier alpha value is -0.580. The van der Waals surface area contributed by atoms with Crippen molar-refractivity contribution in [3.63, 3.8) is 0 Å². The number of ether oxygens (including phenoxy) is 1. The first-order chi connectivity index (χ1) is 8.49. The summed E-state index contributed by atoms with van der Waals surface area (Å²) < 4.78 is 6.17. The van der Waals surface area contributed by atoms with E-state index in [1.807, 2.05) is 0 Å². The van der Waals surface area contributed by atoms with Crippen molar-refractivity contribution in [2.24, 2.45) is 5.92 Å². The molecule has 1 aromatic rings. The fraction of sp³-hybridized carbons (Fsp3) is 0.462. The molecular formula is C13H17BrClNO2. The predicted molar refractivity (Wildman–Crippen MR) is 77.1 cm³/mol. The third kappa shape index (κ3) is 5.85. The van der Waals surface area contributed by atoms with Gasteiger partial charge in [0.25, 0.3) is 5.91 Å². The Morgan fingerprint density at radius 3 is 2.78 bits per heavy atom. The van der Waals surface area contributed by atoms with Gasteiger partial charge < -0.3 is 10.1 Å². The first-order valence-corrected chi connectivity index (χ1v) is 6.98. The zero-order valence-electron chi connectivity index (χ0n) is 10.5. The van der Waals surface area contributed by atoms with Gasteiger partial charge in [-0.3, -0.25) is 4.79 Å². The van der Waals surface area contributed by atoms with Crippen molar-refractivity contribution in [2.75, 3.05) is 19.8 Å². The van der Waals surface area contributed by atoms with E-state index in [0.29, 0.717) is 36.3 Å². The lowest BCUT2D eigenvalue weighted by atomic mass is 10.2. The summed E-state index contributed by atoms with van der Waals surface area (Å²) in [4.78, 5) is 11.8. The molecule has 0 spiro atoms. The van der Waals surface area contributed by atoms with Gasteiger partial charge in [-0.2, -0.15) is 0 Å². The van der Waals surface area contributed by atoms with Crippen LogP contribution < -0.4 is 5.32 Å². The molecule has 0 heterocycles. The highest BCUT2D eigenvalue weighted by Crippen LogP contribution is 2.19. The molecular weight excluding hydrogens is 318 g/mol. The lowest BCUT2D eigenvalue weighted by Gasteiger charge is -2.08. The van der Waals surface area contributed by atoms with Gasteiger partial charge in [0, 0.05) is 28.2 Å². The van der Waals surface area contributed by atoms with E-state index in [9.17, 15) is 4.79 Å². The molecule has 5 heteroatoms. The molecule has 0 aliphatic carbocycles. The highest BCUT2D eigenvalue weighted by molar-refractivity contribution is 9.10. The van der Waals surface area contributed by atoms with Gasteiger partial charge in [-0.1, -0.05) is 41.4 Å². The molecule has 0 fully saturated rings. The van der Waals surface area contributed by atoms with E-state index in [0.717, 1.165) is 4.47 Å². The van der Waals surface area contributed by atoms with Crippen LogP contribution in [0.15, 0.2) is 22.7 Å². The smallest absolute Gasteiger partial charge is 0.251 e. The quantitative estimate of drug-likeness (QED) is 0.809. The van der Waals surface area contributed by atoms with Crippen molar-refractivity contribution in [3.8, 4) is 0 Å². The van der Waals surface area contributed by atoms with Crippen molar-refractivity contribution < 1.29 is 9.53 Å². The average Bonchev–Trinajstić information content (AvgIpc) is 2.26. The summed E-state index contributed by atoms with van der Waals surface area (Å²) >= 11 is 9.18. The summed E-state index contributed by atoms with van der Waals surface area (Å²) in [5.41, 5.74) is 0.540. The monoisotopic (exact) mass is 333 g/mol. The first-order valence-electron chi connectivity index (χ1n) is 5.81. The Labute approximate surface area is 121 Å². The van der Waals surface area contributed by atoms with Crippen LogP contribution in [0.25, 0.3) is 0 Å². The van der Waals surface area contributed by atoms with E-state index < -0.39 is 0 Å². The lowest BCUT2D eigenvalue weighted by molar-refractivity contribution is 0.0886. The maximum absolute atomic E-state index is 11.8. The van der Waals surface area contributed by atoms with Crippen LogP contribution in [0, 0.1) is 5.92 Å². The molecule has 0 saturated carbocycles. The maximum atomic E-state index is 11.8. The van der Waals surface area contributed by atoms with Gasteiger partial charge in [-0.15, -0.1) is 0 Å². The third-order valence-corrected chi connectivity index (χ3v) is 2.78. The van der Waals surface area contributed by atoms with Gasteiger partial charge in [0.2, 0.25) is 0 Å². The van der Waals surface area contributed by atoms with E-state index in [-0.39, 0.29) is 5.91 Å². The van der Waals surface area contributed by atoms with Crippen LogP contribution >= 0.6 is 27.5 Å². The van der Waals surface area contributed by atoms with Crippen LogP contribution in [-0.2, 0) is 4.74 Å². The topological polar surface area (TPSA) is 38.3 Å². The van der Waals surface area contributed by atoms with Crippen molar-refractivity contribution in [2.45, 2.75) is 13.8 Å². The molecule has 0 aromatic heterocycles. The Morgan fingerprint density at radius 2 is 2.17 bits per heavy atom. The molecule has 18 heavy (non-hydrogen) atoms.